The second-order valence-electron chi connectivity index (χ2n) is 9.91. The highest BCUT2D eigenvalue weighted by atomic mass is 16.6. The molecule has 2 amide bonds. The van der Waals surface area contributed by atoms with Crippen LogP contribution in [-0.4, -0.2) is 35.1 Å². The van der Waals surface area contributed by atoms with E-state index in [0.29, 0.717) is 21.9 Å². The third-order valence-electron chi connectivity index (χ3n) is 4.67. The number of carbonyl (C=O) groups excluding carboxylic acids is 2. The zero-order valence-electron chi connectivity index (χ0n) is 20.3. The van der Waals surface area contributed by atoms with Crippen LogP contribution in [0.3, 0.4) is 0 Å². The Morgan fingerprint density at radius 1 is 0.676 bits per heavy atom. The van der Waals surface area contributed by atoms with Crippen LogP contribution in [0.15, 0.2) is 48.5 Å². The van der Waals surface area contributed by atoms with Crippen molar-refractivity contribution in [3.05, 3.63) is 59.7 Å². The topological polar surface area (TPSA) is 124 Å². The molecule has 3 aromatic rings. The quantitative estimate of drug-likeness (QED) is 0.222. The Morgan fingerprint density at radius 2 is 1.06 bits per heavy atom. The number of hydrogen-bond donors (Lipinski definition) is 4. The monoisotopic (exact) mass is 462 g/mol. The van der Waals surface area contributed by atoms with Crippen molar-refractivity contribution in [2.24, 2.45) is 0 Å². The molecular weight excluding hydrogens is 432 g/mol. The molecule has 178 valence electrons. The van der Waals surface area contributed by atoms with E-state index in [1.165, 1.54) is 0 Å². The third kappa shape index (κ3) is 6.10. The van der Waals surface area contributed by atoms with Crippen LogP contribution in [0.2, 0.25) is 0 Å². The number of alkyl carbamates (subject to hydrolysis) is 2. The number of ether oxygens (including phenoxy) is 2. The molecule has 0 aliphatic heterocycles. The molecule has 0 radical (unpaired) electrons. The lowest BCUT2D eigenvalue weighted by molar-refractivity contribution is 0.0551. The zero-order chi connectivity index (χ0) is 25.3. The SMILES string of the molecule is CC(C)(C)OC(=O)NC(=N)c1cccc2cc3cccc(C(=N)NC(=O)OC(C)(C)C)c3cc12. The number of hydrogen-bond acceptors (Lipinski definition) is 6. The maximum absolute atomic E-state index is 12.2. The van der Waals surface area contributed by atoms with E-state index in [4.69, 9.17) is 20.3 Å². The van der Waals surface area contributed by atoms with E-state index in [-0.39, 0.29) is 11.7 Å². The smallest absolute Gasteiger partial charge is 0.413 e. The van der Waals surface area contributed by atoms with Crippen molar-refractivity contribution in [2.75, 3.05) is 0 Å². The predicted molar refractivity (Wildman–Crippen MR) is 134 cm³/mol. The Bertz CT molecular complexity index is 1200. The van der Waals surface area contributed by atoms with Crippen molar-refractivity contribution < 1.29 is 19.1 Å². The van der Waals surface area contributed by atoms with E-state index in [0.717, 1.165) is 10.8 Å². The normalized spacial score (nSPS) is 11.7. The molecule has 0 saturated carbocycles. The van der Waals surface area contributed by atoms with Gasteiger partial charge >= 0.3 is 12.2 Å². The van der Waals surface area contributed by atoms with Gasteiger partial charge in [0.2, 0.25) is 0 Å². The summed E-state index contributed by atoms with van der Waals surface area (Å²) < 4.78 is 10.5. The summed E-state index contributed by atoms with van der Waals surface area (Å²) in [6, 6.07) is 14.7. The van der Waals surface area contributed by atoms with E-state index in [9.17, 15) is 9.59 Å². The summed E-state index contributed by atoms with van der Waals surface area (Å²) in [4.78, 5) is 24.4. The van der Waals surface area contributed by atoms with Gasteiger partial charge in [-0.1, -0.05) is 36.4 Å². The van der Waals surface area contributed by atoms with Gasteiger partial charge in [-0.25, -0.2) is 9.59 Å². The second-order valence-corrected chi connectivity index (χ2v) is 9.91. The predicted octanol–water partition coefficient (Wildman–Crippen LogP) is 5.69. The summed E-state index contributed by atoms with van der Waals surface area (Å²) >= 11 is 0. The van der Waals surface area contributed by atoms with Crippen molar-refractivity contribution >= 4 is 45.4 Å². The van der Waals surface area contributed by atoms with Gasteiger partial charge in [0.1, 0.15) is 22.9 Å². The van der Waals surface area contributed by atoms with Gasteiger partial charge in [0.05, 0.1) is 0 Å². The maximum Gasteiger partial charge on any atom is 0.413 e. The molecule has 0 aliphatic rings. The Kier molecular flexibility index (Phi) is 6.63. The van der Waals surface area contributed by atoms with Gasteiger partial charge in [-0.05, 0) is 75.2 Å². The molecule has 0 heterocycles. The highest BCUT2D eigenvalue weighted by molar-refractivity contribution is 6.18. The van der Waals surface area contributed by atoms with Crippen LogP contribution < -0.4 is 10.6 Å². The number of benzene rings is 3. The Balaban J connectivity index is 2.00. The summed E-state index contributed by atoms with van der Waals surface area (Å²) in [5, 5.41) is 25.0. The molecular formula is C26H30N4O4. The summed E-state index contributed by atoms with van der Waals surface area (Å²) in [6.07, 6.45) is -1.42. The Hall–Kier alpha value is -3.94. The number of rotatable bonds is 2. The lowest BCUT2D eigenvalue weighted by Gasteiger charge is -2.20. The molecule has 3 rings (SSSR count). The molecule has 34 heavy (non-hydrogen) atoms. The molecule has 0 aliphatic carbocycles. The third-order valence-corrected chi connectivity index (χ3v) is 4.67. The minimum absolute atomic E-state index is 0.0985. The lowest BCUT2D eigenvalue weighted by atomic mass is 9.96. The second kappa shape index (κ2) is 9.13. The lowest BCUT2D eigenvalue weighted by Crippen LogP contribution is -2.36. The average Bonchev–Trinajstić information content (AvgIpc) is 2.68. The van der Waals surface area contributed by atoms with E-state index in [1.807, 2.05) is 36.4 Å². The summed E-state index contributed by atoms with van der Waals surface area (Å²) in [5.74, 6) is -0.197. The van der Waals surface area contributed by atoms with Gasteiger partial charge in [0.25, 0.3) is 0 Å². The van der Waals surface area contributed by atoms with Gasteiger partial charge < -0.3 is 9.47 Å². The van der Waals surface area contributed by atoms with Crippen LogP contribution in [0.25, 0.3) is 21.5 Å². The van der Waals surface area contributed by atoms with Crippen LogP contribution in [0.1, 0.15) is 52.7 Å². The van der Waals surface area contributed by atoms with Gasteiger partial charge in [-0.2, -0.15) is 0 Å². The molecule has 0 fully saturated rings. The molecule has 0 saturated heterocycles. The molecule has 0 aromatic heterocycles. The van der Waals surface area contributed by atoms with Crippen LogP contribution >= 0.6 is 0 Å². The van der Waals surface area contributed by atoms with Crippen LogP contribution in [0, 0.1) is 10.8 Å². The van der Waals surface area contributed by atoms with Crippen molar-refractivity contribution in [3.63, 3.8) is 0 Å². The first-order valence-electron chi connectivity index (χ1n) is 10.9. The Morgan fingerprint density at radius 3 is 1.41 bits per heavy atom. The molecule has 8 heteroatoms. The first kappa shape index (κ1) is 24.7. The molecule has 8 nitrogen and oxygen atoms in total. The van der Waals surface area contributed by atoms with Gasteiger partial charge in [0.15, 0.2) is 0 Å². The molecule has 0 bridgehead atoms. The highest BCUT2D eigenvalue weighted by Gasteiger charge is 2.20. The summed E-state index contributed by atoms with van der Waals surface area (Å²) in [7, 11) is 0. The summed E-state index contributed by atoms with van der Waals surface area (Å²) in [5.41, 5.74) is -0.357. The van der Waals surface area contributed by atoms with Crippen molar-refractivity contribution in [1.82, 2.24) is 10.6 Å². The average molecular weight is 463 g/mol. The van der Waals surface area contributed by atoms with Gasteiger partial charge in [0, 0.05) is 11.1 Å². The van der Waals surface area contributed by atoms with Crippen molar-refractivity contribution in [3.8, 4) is 0 Å². The number of fused-ring (bicyclic) bond motifs is 2. The zero-order valence-corrected chi connectivity index (χ0v) is 20.3. The fourth-order valence-corrected chi connectivity index (χ4v) is 3.43. The minimum atomic E-state index is -0.709. The number of carbonyl (C=O) groups is 2. The van der Waals surface area contributed by atoms with Crippen molar-refractivity contribution in [2.45, 2.75) is 52.7 Å². The van der Waals surface area contributed by atoms with E-state index >= 15 is 0 Å². The molecule has 0 atom stereocenters. The minimum Gasteiger partial charge on any atom is -0.444 e. The molecule has 0 unspecified atom stereocenters. The fourth-order valence-electron chi connectivity index (χ4n) is 3.43. The molecule has 0 spiro atoms. The van der Waals surface area contributed by atoms with Gasteiger partial charge in [-0.15, -0.1) is 0 Å². The van der Waals surface area contributed by atoms with Gasteiger partial charge in [-0.3, -0.25) is 21.5 Å². The first-order chi connectivity index (χ1) is 15.7. The van der Waals surface area contributed by atoms with Crippen LogP contribution in [0.4, 0.5) is 9.59 Å². The number of amides is 2. The van der Waals surface area contributed by atoms with Crippen molar-refractivity contribution in [1.29, 1.82) is 10.8 Å². The number of nitrogens with one attached hydrogen (secondary N) is 4. The summed E-state index contributed by atoms with van der Waals surface area (Å²) in [6.45, 7) is 10.5. The van der Waals surface area contributed by atoms with E-state index in [2.05, 4.69) is 10.6 Å². The van der Waals surface area contributed by atoms with Crippen LogP contribution in [-0.2, 0) is 9.47 Å². The maximum atomic E-state index is 12.2. The first-order valence-corrected chi connectivity index (χ1v) is 10.9. The van der Waals surface area contributed by atoms with E-state index < -0.39 is 23.4 Å². The van der Waals surface area contributed by atoms with E-state index in [1.54, 1.807) is 53.7 Å². The Labute approximate surface area is 198 Å². The molecule has 3 aromatic carbocycles. The number of amidine groups is 2. The van der Waals surface area contributed by atoms with Crippen LogP contribution in [0.5, 0.6) is 0 Å². The molecule has 4 N–H and O–H groups in total. The highest BCUT2D eigenvalue weighted by Crippen LogP contribution is 2.28. The standard InChI is InChI=1S/C26H30N4O4/c1-25(2,3)33-23(31)29-21(27)17-11-7-9-15-13-16-10-8-12-18(20(16)14-19(15)17)22(28)30-24(32)34-26(4,5)6/h7-14H,1-6H3,(H2,27,29,31)(H2,28,30,32). The largest absolute Gasteiger partial charge is 0.444 e. The fraction of sp³-hybridized carbons (Fsp3) is 0.308.